The number of thioether (sulfide) groups is 1. The number of aromatic nitrogens is 3. The Morgan fingerprint density at radius 2 is 1.79 bits per heavy atom. The van der Waals surface area contributed by atoms with Gasteiger partial charge >= 0.3 is 12.1 Å². The molecule has 2 amide bonds. The molecule has 3 N–H and O–H groups in total. The van der Waals surface area contributed by atoms with Gasteiger partial charge in [-0.1, -0.05) is 48.5 Å². The summed E-state index contributed by atoms with van der Waals surface area (Å²) in [5.74, 6) is -1.77. The molecule has 5 rings (SSSR count). The van der Waals surface area contributed by atoms with E-state index in [9.17, 15) is 19.5 Å². The summed E-state index contributed by atoms with van der Waals surface area (Å²) in [6.45, 7) is 1.87. The first-order valence-corrected chi connectivity index (χ1v) is 11.7. The number of benzene rings is 2. The average molecular weight is 480 g/mol. The van der Waals surface area contributed by atoms with Gasteiger partial charge in [-0.05, 0) is 29.2 Å². The minimum absolute atomic E-state index is 0.0930. The molecule has 34 heavy (non-hydrogen) atoms. The van der Waals surface area contributed by atoms with Gasteiger partial charge in [-0.25, -0.2) is 9.59 Å². The van der Waals surface area contributed by atoms with Crippen LogP contribution in [0.4, 0.5) is 10.7 Å². The molecule has 2 unspecified atom stereocenters. The number of hydrogen-bond acceptors (Lipinski definition) is 7. The summed E-state index contributed by atoms with van der Waals surface area (Å²) >= 11 is 1.36. The molecule has 2 aromatic carbocycles. The van der Waals surface area contributed by atoms with E-state index in [1.54, 1.807) is 6.92 Å². The molecule has 1 aliphatic heterocycles. The lowest BCUT2D eigenvalue weighted by Crippen LogP contribution is -2.45. The number of nitrogens with zero attached hydrogens (tertiary/aromatic N) is 3. The third-order valence-corrected chi connectivity index (χ3v) is 7.21. The van der Waals surface area contributed by atoms with Crippen molar-refractivity contribution >= 4 is 35.7 Å². The summed E-state index contributed by atoms with van der Waals surface area (Å²) in [6, 6.07) is 15.1. The molecule has 10 nitrogen and oxygen atoms in total. The van der Waals surface area contributed by atoms with E-state index in [4.69, 9.17) is 4.74 Å². The number of aromatic amines is 1. The minimum Gasteiger partial charge on any atom is -0.480 e. The Balaban J connectivity index is 1.24. The zero-order valence-electron chi connectivity index (χ0n) is 18.1. The maximum absolute atomic E-state index is 12.8. The summed E-state index contributed by atoms with van der Waals surface area (Å²) < 4.78 is 5.46. The number of carboxylic acids is 1. The Bertz CT molecular complexity index is 1230. The van der Waals surface area contributed by atoms with Crippen LogP contribution in [0.25, 0.3) is 11.1 Å². The second-order valence-electron chi connectivity index (χ2n) is 7.96. The van der Waals surface area contributed by atoms with Gasteiger partial charge in [-0.3, -0.25) is 15.2 Å². The van der Waals surface area contributed by atoms with Crippen LogP contribution in [-0.4, -0.2) is 66.9 Å². The molecule has 174 valence electrons. The number of H-pyrrole nitrogens is 1. The highest BCUT2D eigenvalue weighted by Gasteiger charge is 2.41. The van der Waals surface area contributed by atoms with Crippen molar-refractivity contribution in [2.24, 2.45) is 0 Å². The standard InChI is InChI=1S/C23H21N5O5S/c1-12-28(18(11-34-12)21(30)31)20(29)19-24-22(27-26-19)25-23(32)33-10-17-15-8-4-2-6-13(15)14-7-3-5-9-16(14)17/h2-9,12,17-18H,10-11H2,1H3,(H,30,31)(H2,24,25,26,27,32). The number of fused-ring (bicyclic) bond motifs is 3. The lowest BCUT2D eigenvalue weighted by Gasteiger charge is -2.23. The van der Waals surface area contributed by atoms with Crippen LogP contribution < -0.4 is 5.32 Å². The van der Waals surface area contributed by atoms with Crippen LogP contribution in [0.5, 0.6) is 0 Å². The lowest BCUT2D eigenvalue weighted by atomic mass is 9.98. The topological polar surface area (TPSA) is 138 Å². The Morgan fingerprint density at radius 3 is 2.44 bits per heavy atom. The smallest absolute Gasteiger partial charge is 0.414 e. The molecule has 0 bridgehead atoms. The van der Waals surface area contributed by atoms with Crippen LogP contribution in [0.1, 0.15) is 34.6 Å². The van der Waals surface area contributed by atoms with Crippen molar-refractivity contribution in [3.63, 3.8) is 0 Å². The summed E-state index contributed by atoms with van der Waals surface area (Å²) in [5.41, 5.74) is 4.43. The van der Waals surface area contributed by atoms with Crippen LogP contribution in [0.3, 0.4) is 0 Å². The zero-order valence-corrected chi connectivity index (χ0v) is 18.9. The SMILES string of the molecule is CC1SCC(C(=O)O)N1C(=O)c1nc(NC(=O)OCC2c3ccccc3-c3ccccc32)n[nH]1. The third kappa shape index (κ3) is 3.87. The van der Waals surface area contributed by atoms with E-state index in [0.717, 1.165) is 22.3 Å². The van der Waals surface area contributed by atoms with E-state index < -0.39 is 24.0 Å². The second kappa shape index (κ2) is 8.82. The fourth-order valence-electron chi connectivity index (χ4n) is 4.40. The Kier molecular flexibility index (Phi) is 5.70. The molecule has 1 aliphatic carbocycles. The fraction of sp³-hybridized carbons (Fsp3) is 0.261. The number of rotatable bonds is 5. The van der Waals surface area contributed by atoms with Gasteiger partial charge in [0.25, 0.3) is 11.9 Å². The van der Waals surface area contributed by atoms with Crippen molar-refractivity contribution in [2.45, 2.75) is 24.3 Å². The normalized spacial score (nSPS) is 18.9. The molecule has 1 fully saturated rings. The van der Waals surface area contributed by atoms with E-state index in [1.807, 2.05) is 36.4 Å². The highest BCUT2D eigenvalue weighted by molar-refractivity contribution is 8.00. The number of carboxylic acid groups (broad SMARTS) is 1. The first-order valence-electron chi connectivity index (χ1n) is 10.7. The molecule has 2 atom stereocenters. The van der Waals surface area contributed by atoms with Crippen LogP contribution in [-0.2, 0) is 9.53 Å². The van der Waals surface area contributed by atoms with Crippen LogP contribution >= 0.6 is 11.8 Å². The summed E-state index contributed by atoms with van der Waals surface area (Å²) in [4.78, 5) is 41.9. The van der Waals surface area contributed by atoms with Gasteiger partial charge in [0.1, 0.15) is 12.6 Å². The number of amides is 2. The van der Waals surface area contributed by atoms with Gasteiger partial charge in [0.05, 0.1) is 5.37 Å². The molecule has 2 aliphatic rings. The van der Waals surface area contributed by atoms with Crippen LogP contribution in [0, 0.1) is 0 Å². The molecule has 0 radical (unpaired) electrons. The van der Waals surface area contributed by atoms with Gasteiger partial charge in [-0.15, -0.1) is 16.9 Å². The number of ether oxygens (including phenoxy) is 1. The van der Waals surface area contributed by atoms with Crippen molar-refractivity contribution in [2.75, 3.05) is 17.7 Å². The molecule has 0 saturated carbocycles. The second-order valence-corrected chi connectivity index (χ2v) is 9.31. The predicted octanol–water partition coefficient (Wildman–Crippen LogP) is 3.15. The number of aliphatic carboxylic acids is 1. The summed E-state index contributed by atoms with van der Waals surface area (Å²) in [6.07, 6.45) is -0.756. The summed E-state index contributed by atoms with van der Waals surface area (Å²) in [7, 11) is 0. The first kappa shape index (κ1) is 22.0. The lowest BCUT2D eigenvalue weighted by molar-refractivity contribution is -0.141. The number of nitrogens with one attached hydrogen (secondary N) is 2. The van der Waals surface area contributed by atoms with Crippen LogP contribution in [0.2, 0.25) is 0 Å². The Morgan fingerprint density at radius 1 is 1.15 bits per heavy atom. The van der Waals surface area contributed by atoms with E-state index in [-0.39, 0.29) is 29.7 Å². The molecule has 1 aromatic heterocycles. The molecular formula is C23H21N5O5S. The van der Waals surface area contributed by atoms with E-state index in [1.165, 1.54) is 16.7 Å². The van der Waals surface area contributed by atoms with Crippen molar-refractivity contribution < 1.29 is 24.2 Å². The van der Waals surface area contributed by atoms with Gasteiger partial charge in [0.15, 0.2) is 0 Å². The van der Waals surface area contributed by atoms with E-state index in [2.05, 4.69) is 32.6 Å². The maximum Gasteiger partial charge on any atom is 0.414 e. The zero-order chi connectivity index (χ0) is 23.8. The fourth-order valence-corrected chi connectivity index (χ4v) is 5.57. The van der Waals surface area contributed by atoms with Gasteiger partial charge < -0.3 is 14.7 Å². The van der Waals surface area contributed by atoms with Gasteiger partial charge in [-0.2, -0.15) is 4.98 Å². The third-order valence-electron chi connectivity index (χ3n) is 5.99. The van der Waals surface area contributed by atoms with Crippen molar-refractivity contribution in [1.29, 1.82) is 0 Å². The minimum atomic E-state index is -1.08. The molecule has 11 heteroatoms. The summed E-state index contributed by atoms with van der Waals surface area (Å²) in [5, 5.41) is 17.8. The molecule has 0 spiro atoms. The highest BCUT2D eigenvalue weighted by atomic mass is 32.2. The van der Waals surface area contributed by atoms with Crippen molar-refractivity contribution in [3.05, 3.63) is 65.5 Å². The molecular weight excluding hydrogens is 458 g/mol. The number of hydrogen-bond donors (Lipinski definition) is 3. The quantitative estimate of drug-likeness (QED) is 0.507. The highest BCUT2D eigenvalue weighted by Crippen LogP contribution is 2.44. The number of carbonyl (C=O) groups is 3. The Hall–Kier alpha value is -3.86. The largest absolute Gasteiger partial charge is 0.480 e. The molecule has 3 aromatic rings. The molecule has 1 saturated heterocycles. The Labute approximate surface area is 198 Å². The molecule has 2 heterocycles. The van der Waals surface area contributed by atoms with Crippen molar-refractivity contribution in [1.82, 2.24) is 20.1 Å². The number of anilines is 1. The van der Waals surface area contributed by atoms with Gasteiger partial charge in [0.2, 0.25) is 5.82 Å². The predicted molar refractivity (Wildman–Crippen MR) is 125 cm³/mol. The van der Waals surface area contributed by atoms with Gasteiger partial charge in [0, 0.05) is 11.7 Å². The van der Waals surface area contributed by atoms with E-state index >= 15 is 0 Å². The monoisotopic (exact) mass is 479 g/mol. The average Bonchev–Trinajstić information content (AvgIpc) is 3.53. The van der Waals surface area contributed by atoms with Crippen molar-refractivity contribution in [3.8, 4) is 11.1 Å². The first-order chi connectivity index (χ1) is 16.4. The maximum atomic E-state index is 12.8. The number of carbonyl (C=O) groups excluding carboxylic acids is 2. The van der Waals surface area contributed by atoms with E-state index in [0.29, 0.717) is 5.75 Å². The van der Waals surface area contributed by atoms with Crippen LogP contribution in [0.15, 0.2) is 48.5 Å².